The summed E-state index contributed by atoms with van der Waals surface area (Å²) < 4.78 is 0. The van der Waals surface area contributed by atoms with E-state index in [1.54, 1.807) is 12.1 Å². The third-order valence-corrected chi connectivity index (χ3v) is 6.22. The van der Waals surface area contributed by atoms with Crippen molar-refractivity contribution < 1.29 is 34.2 Å². The molecule has 41 heavy (non-hydrogen) atoms. The van der Waals surface area contributed by atoms with Gasteiger partial charge in [-0.1, -0.05) is 12.1 Å². The standard InChI is InChI=1S/C26H38N8O7/c27-10-2-1-3-19(24(38)34-21(26(40)41)12-16-13-30-14-31-16)32-25(39)20(11-15-4-6-17(35)7-5-15)33-23(37)18(28)8-9-22(29)36/h4-7,13-14,18-21,35H,1-3,8-12,27-28H2,(H2,29,36)(H,30,31)(H,32,39)(H,33,37)(H,34,38)(H,40,41). The molecule has 1 aromatic heterocycles. The number of carboxylic acids is 1. The Morgan fingerprint density at radius 3 is 2.10 bits per heavy atom. The zero-order valence-corrected chi connectivity index (χ0v) is 22.5. The van der Waals surface area contributed by atoms with Gasteiger partial charge in [0.2, 0.25) is 23.6 Å². The molecule has 0 spiro atoms. The van der Waals surface area contributed by atoms with Gasteiger partial charge in [-0.2, -0.15) is 0 Å². The number of aromatic nitrogens is 2. The molecule has 0 saturated carbocycles. The number of benzene rings is 1. The van der Waals surface area contributed by atoms with Crippen molar-refractivity contribution in [2.75, 3.05) is 6.54 Å². The van der Waals surface area contributed by atoms with Crippen molar-refractivity contribution in [3.63, 3.8) is 0 Å². The Hall–Kier alpha value is -4.50. The highest BCUT2D eigenvalue weighted by atomic mass is 16.4. The number of carboxylic acid groups (broad SMARTS) is 1. The number of amides is 4. The fourth-order valence-corrected chi connectivity index (χ4v) is 3.91. The second-order valence-electron chi connectivity index (χ2n) is 9.57. The summed E-state index contributed by atoms with van der Waals surface area (Å²) in [6.45, 7) is 0.350. The summed E-state index contributed by atoms with van der Waals surface area (Å²) in [4.78, 5) is 68.9. The van der Waals surface area contributed by atoms with E-state index in [0.717, 1.165) is 0 Å². The van der Waals surface area contributed by atoms with E-state index in [-0.39, 0.29) is 37.9 Å². The number of carbonyl (C=O) groups is 5. The number of aromatic amines is 1. The Kier molecular flexibility index (Phi) is 13.2. The first-order valence-corrected chi connectivity index (χ1v) is 13.1. The number of hydrogen-bond acceptors (Lipinski definition) is 9. The van der Waals surface area contributed by atoms with Gasteiger partial charge in [-0.15, -0.1) is 0 Å². The first-order valence-electron chi connectivity index (χ1n) is 13.1. The van der Waals surface area contributed by atoms with Crippen LogP contribution < -0.4 is 33.2 Å². The maximum Gasteiger partial charge on any atom is 0.326 e. The van der Waals surface area contributed by atoms with Gasteiger partial charge in [-0.05, 0) is 49.9 Å². The number of primary amides is 1. The van der Waals surface area contributed by atoms with Crippen LogP contribution >= 0.6 is 0 Å². The smallest absolute Gasteiger partial charge is 0.326 e. The van der Waals surface area contributed by atoms with E-state index in [1.165, 1.54) is 24.7 Å². The van der Waals surface area contributed by atoms with Gasteiger partial charge >= 0.3 is 5.97 Å². The van der Waals surface area contributed by atoms with Crippen molar-refractivity contribution >= 4 is 29.6 Å². The molecule has 0 bridgehead atoms. The number of aromatic hydroxyl groups is 1. The number of nitrogens with one attached hydrogen (secondary N) is 4. The molecule has 1 heterocycles. The SMILES string of the molecule is NCCCCC(NC(=O)C(Cc1ccc(O)cc1)NC(=O)C(N)CCC(N)=O)C(=O)NC(Cc1cnc[nH]1)C(=O)O. The summed E-state index contributed by atoms with van der Waals surface area (Å²) in [5.41, 5.74) is 17.7. The maximum absolute atomic E-state index is 13.4. The van der Waals surface area contributed by atoms with Crippen LogP contribution in [0.3, 0.4) is 0 Å². The fourth-order valence-electron chi connectivity index (χ4n) is 3.91. The molecule has 4 amide bonds. The van der Waals surface area contributed by atoms with E-state index in [0.29, 0.717) is 30.6 Å². The molecule has 2 rings (SSSR count). The predicted octanol–water partition coefficient (Wildman–Crippen LogP) is -1.84. The van der Waals surface area contributed by atoms with Crippen molar-refractivity contribution in [1.82, 2.24) is 25.9 Å². The molecule has 0 aliphatic rings. The monoisotopic (exact) mass is 574 g/mol. The highest BCUT2D eigenvalue weighted by Crippen LogP contribution is 2.12. The first kappa shape index (κ1) is 32.7. The Bertz CT molecular complexity index is 1160. The molecule has 2 aromatic rings. The minimum atomic E-state index is -1.30. The molecule has 12 N–H and O–H groups in total. The van der Waals surface area contributed by atoms with Crippen molar-refractivity contribution in [3.05, 3.63) is 48.0 Å². The Morgan fingerprint density at radius 1 is 0.878 bits per heavy atom. The van der Waals surface area contributed by atoms with Crippen molar-refractivity contribution in [3.8, 4) is 5.75 Å². The Balaban J connectivity index is 2.22. The van der Waals surface area contributed by atoms with Gasteiger partial charge in [0.15, 0.2) is 0 Å². The number of nitrogens with zero attached hydrogens (tertiary/aromatic N) is 1. The summed E-state index contributed by atoms with van der Waals surface area (Å²) in [6, 6.07) is 1.20. The maximum atomic E-state index is 13.4. The van der Waals surface area contributed by atoms with Crippen LogP contribution in [0.2, 0.25) is 0 Å². The third kappa shape index (κ3) is 11.6. The summed E-state index contributed by atoms with van der Waals surface area (Å²) in [5, 5.41) is 26.9. The minimum absolute atomic E-state index is 0.00649. The molecule has 4 unspecified atom stereocenters. The van der Waals surface area contributed by atoms with Crippen LogP contribution in [-0.4, -0.2) is 80.5 Å². The van der Waals surface area contributed by atoms with Crippen LogP contribution in [-0.2, 0) is 36.8 Å². The van der Waals surface area contributed by atoms with Gasteiger partial charge < -0.3 is 48.3 Å². The number of aliphatic carboxylic acids is 1. The lowest BCUT2D eigenvalue weighted by atomic mass is 10.0. The topological polar surface area (TPSA) is 269 Å². The molecule has 1 aromatic carbocycles. The number of imidazole rings is 1. The van der Waals surface area contributed by atoms with Gasteiger partial charge in [0, 0.05) is 31.2 Å². The number of carbonyl (C=O) groups excluding carboxylic acids is 4. The zero-order chi connectivity index (χ0) is 30.4. The van der Waals surface area contributed by atoms with Crippen LogP contribution in [0.1, 0.15) is 43.4 Å². The minimum Gasteiger partial charge on any atom is -0.508 e. The summed E-state index contributed by atoms with van der Waals surface area (Å²) >= 11 is 0. The number of rotatable bonds is 18. The van der Waals surface area contributed by atoms with Gasteiger partial charge in [0.25, 0.3) is 0 Å². The second kappa shape index (κ2) is 16.6. The number of hydrogen-bond donors (Lipinski definition) is 9. The summed E-state index contributed by atoms with van der Waals surface area (Å²) in [7, 11) is 0. The molecule has 0 saturated heterocycles. The predicted molar refractivity (Wildman–Crippen MR) is 147 cm³/mol. The zero-order valence-electron chi connectivity index (χ0n) is 22.5. The largest absolute Gasteiger partial charge is 0.508 e. The van der Waals surface area contributed by atoms with Crippen molar-refractivity contribution in [1.29, 1.82) is 0 Å². The Labute approximate surface area is 236 Å². The summed E-state index contributed by atoms with van der Waals surface area (Å²) in [5.74, 6) is -4.06. The van der Waals surface area contributed by atoms with Crippen molar-refractivity contribution in [2.24, 2.45) is 17.2 Å². The Morgan fingerprint density at radius 2 is 1.51 bits per heavy atom. The molecule has 0 aliphatic carbocycles. The van der Waals surface area contributed by atoms with E-state index in [4.69, 9.17) is 17.2 Å². The molecule has 0 radical (unpaired) electrons. The number of phenolic OH excluding ortho intramolecular Hbond substituents is 1. The number of phenols is 1. The van der Waals surface area contributed by atoms with Gasteiger partial charge in [0.1, 0.15) is 23.9 Å². The lowest BCUT2D eigenvalue weighted by Gasteiger charge is -2.25. The number of unbranched alkanes of at least 4 members (excludes halogenated alkanes) is 1. The van der Waals surface area contributed by atoms with Gasteiger partial charge in [0.05, 0.1) is 12.4 Å². The lowest BCUT2D eigenvalue weighted by Crippen LogP contribution is -2.57. The van der Waals surface area contributed by atoms with Crippen LogP contribution in [0.5, 0.6) is 5.75 Å². The molecular weight excluding hydrogens is 536 g/mol. The number of H-pyrrole nitrogens is 1. The molecule has 4 atom stereocenters. The van der Waals surface area contributed by atoms with E-state index < -0.39 is 53.8 Å². The number of nitrogens with two attached hydrogens (primary N) is 3. The van der Waals surface area contributed by atoms with E-state index in [9.17, 15) is 34.2 Å². The molecule has 15 nitrogen and oxygen atoms in total. The molecule has 0 fully saturated rings. The van der Waals surface area contributed by atoms with Crippen LogP contribution in [0.15, 0.2) is 36.8 Å². The van der Waals surface area contributed by atoms with Crippen LogP contribution in [0.4, 0.5) is 0 Å². The molecule has 0 aliphatic heterocycles. The van der Waals surface area contributed by atoms with Crippen LogP contribution in [0.25, 0.3) is 0 Å². The van der Waals surface area contributed by atoms with Crippen LogP contribution in [0, 0.1) is 0 Å². The average molecular weight is 575 g/mol. The van der Waals surface area contributed by atoms with E-state index >= 15 is 0 Å². The fraction of sp³-hybridized carbons (Fsp3) is 0.462. The van der Waals surface area contributed by atoms with E-state index in [1.807, 2.05) is 0 Å². The normalized spacial score (nSPS) is 13.8. The quantitative estimate of drug-likeness (QED) is 0.0897. The lowest BCUT2D eigenvalue weighted by molar-refractivity contribution is -0.142. The second-order valence-corrected chi connectivity index (χ2v) is 9.57. The van der Waals surface area contributed by atoms with Gasteiger partial charge in [-0.25, -0.2) is 9.78 Å². The van der Waals surface area contributed by atoms with Crippen molar-refractivity contribution in [2.45, 2.75) is 69.1 Å². The average Bonchev–Trinajstić information content (AvgIpc) is 3.44. The molecule has 224 valence electrons. The first-order chi connectivity index (χ1) is 19.5. The highest BCUT2D eigenvalue weighted by Gasteiger charge is 2.30. The summed E-state index contributed by atoms with van der Waals surface area (Å²) in [6.07, 6.45) is 3.74. The highest BCUT2D eigenvalue weighted by molar-refractivity contribution is 5.94. The molecule has 15 heteroatoms. The van der Waals surface area contributed by atoms with Gasteiger partial charge in [-0.3, -0.25) is 19.2 Å². The van der Waals surface area contributed by atoms with E-state index in [2.05, 4.69) is 25.9 Å². The molecular formula is C26H38N8O7. The third-order valence-electron chi connectivity index (χ3n) is 6.22.